The van der Waals surface area contributed by atoms with Gasteiger partial charge in [-0.2, -0.15) is 5.10 Å². The predicted octanol–water partition coefficient (Wildman–Crippen LogP) is 2.46. The molecule has 1 aliphatic carbocycles. The Morgan fingerprint density at radius 2 is 1.75 bits per heavy atom. The molecule has 1 N–H and O–H groups in total. The van der Waals surface area contributed by atoms with Crippen LogP contribution in [0.3, 0.4) is 0 Å². The Morgan fingerprint density at radius 1 is 1.00 bits per heavy atom. The molecule has 0 saturated carbocycles. The molecule has 1 aromatic heterocycles. The van der Waals surface area contributed by atoms with Crippen molar-refractivity contribution in [3.63, 3.8) is 0 Å². The highest BCUT2D eigenvalue weighted by atomic mass is 15.1. The first-order valence-corrected chi connectivity index (χ1v) is 4.98. The Morgan fingerprint density at radius 3 is 2.67 bits per heavy atom. The number of hydrogen-bond acceptors (Lipinski definition) is 1. The van der Waals surface area contributed by atoms with Crippen molar-refractivity contribution in [3.05, 3.63) is 17.5 Å². The van der Waals surface area contributed by atoms with E-state index in [0.29, 0.717) is 0 Å². The van der Waals surface area contributed by atoms with Crippen LogP contribution in [0, 0.1) is 0 Å². The summed E-state index contributed by atoms with van der Waals surface area (Å²) in [7, 11) is 0. The molecule has 0 aromatic carbocycles. The molecular weight excluding hydrogens is 148 g/mol. The molecule has 0 saturated heterocycles. The van der Waals surface area contributed by atoms with Gasteiger partial charge in [0.15, 0.2) is 0 Å². The lowest BCUT2D eigenvalue weighted by Gasteiger charge is -2.01. The van der Waals surface area contributed by atoms with Crippen LogP contribution < -0.4 is 0 Å². The minimum absolute atomic E-state index is 1.16. The number of aromatic amines is 1. The summed E-state index contributed by atoms with van der Waals surface area (Å²) in [5, 5.41) is 7.38. The van der Waals surface area contributed by atoms with Crippen molar-refractivity contribution in [3.8, 4) is 0 Å². The van der Waals surface area contributed by atoms with E-state index >= 15 is 0 Å². The van der Waals surface area contributed by atoms with Gasteiger partial charge in [0.1, 0.15) is 0 Å². The summed E-state index contributed by atoms with van der Waals surface area (Å²) in [5.74, 6) is 0. The fourth-order valence-electron chi connectivity index (χ4n) is 1.82. The van der Waals surface area contributed by atoms with Crippen LogP contribution in [0.15, 0.2) is 6.07 Å². The Bertz CT molecular complexity index is 217. The maximum absolute atomic E-state index is 4.28. The number of nitrogens with zero attached hydrogens (tertiary/aromatic N) is 1. The first-order chi connectivity index (χ1) is 5.95. The van der Waals surface area contributed by atoms with Gasteiger partial charge in [-0.05, 0) is 31.7 Å². The Kier molecular flexibility index (Phi) is 2.45. The van der Waals surface area contributed by atoms with E-state index < -0.39 is 0 Å². The van der Waals surface area contributed by atoms with E-state index in [1.807, 2.05) is 0 Å². The van der Waals surface area contributed by atoms with Gasteiger partial charge in [-0.25, -0.2) is 0 Å². The van der Waals surface area contributed by atoms with Crippen LogP contribution in [0.1, 0.15) is 43.5 Å². The maximum atomic E-state index is 4.28. The predicted molar refractivity (Wildman–Crippen MR) is 49.1 cm³/mol. The zero-order valence-corrected chi connectivity index (χ0v) is 7.47. The molecular formula is C10H16N2. The molecule has 0 fully saturated rings. The minimum atomic E-state index is 1.16. The van der Waals surface area contributed by atoms with Crippen LogP contribution in [0.5, 0.6) is 0 Å². The first-order valence-electron chi connectivity index (χ1n) is 4.98. The van der Waals surface area contributed by atoms with Gasteiger partial charge in [0.05, 0.1) is 5.69 Å². The number of rotatable bonds is 0. The summed E-state index contributed by atoms with van der Waals surface area (Å²) in [6, 6.07) is 2.23. The number of H-pyrrole nitrogens is 1. The number of nitrogens with one attached hydrogen (secondary N) is 1. The second kappa shape index (κ2) is 3.74. The molecule has 0 spiro atoms. The van der Waals surface area contributed by atoms with Gasteiger partial charge >= 0.3 is 0 Å². The standard InChI is InChI=1S/C10H16N2/c1-2-4-6-9-8-10(12-11-9)7-5-3-1/h8H,1-7H2,(H,11,12). The largest absolute Gasteiger partial charge is 0.282 e. The average molecular weight is 164 g/mol. The highest BCUT2D eigenvalue weighted by Crippen LogP contribution is 2.13. The summed E-state index contributed by atoms with van der Waals surface area (Å²) >= 11 is 0. The van der Waals surface area contributed by atoms with E-state index in [1.165, 1.54) is 49.9 Å². The first kappa shape index (κ1) is 7.84. The van der Waals surface area contributed by atoms with E-state index in [4.69, 9.17) is 0 Å². The molecule has 1 aliphatic rings. The molecule has 12 heavy (non-hydrogen) atoms. The third kappa shape index (κ3) is 1.87. The van der Waals surface area contributed by atoms with Crippen molar-refractivity contribution in [2.75, 3.05) is 0 Å². The van der Waals surface area contributed by atoms with Crippen LogP contribution in [-0.4, -0.2) is 10.2 Å². The third-order valence-electron chi connectivity index (χ3n) is 2.56. The number of fused-ring (bicyclic) bond motifs is 2. The lowest BCUT2D eigenvalue weighted by atomic mass is 10.0. The third-order valence-corrected chi connectivity index (χ3v) is 2.56. The maximum Gasteiger partial charge on any atom is 0.0625 e. The van der Waals surface area contributed by atoms with E-state index in [9.17, 15) is 0 Å². The molecule has 1 aromatic rings. The highest BCUT2D eigenvalue weighted by molar-refractivity contribution is 5.08. The van der Waals surface area contributed by atoms with Crippen molar-refractivity contribution in [2.24, 2.45) is 0 Å². The Labute approximate surface area is 73.4 Å². The van der Waals surface area contributed by atoms with E-state index in [-0.39, 0.29) is 0 Å². The molecule has 0 amide bonds. The smallest absolute Gasteiger partial charge is 0.0625 e. The van der Waals surface area contributed by atoms with Crippen LogP contribution in [0.25, 0.3) is 0 Å². The Hall–Kier alpha value is -0.790. The van der Waals surface area contributed by atoms with Gasteiger partial charge in [0.2, 0.25) is 0 Å². The van der Waals surface area contributed by atoms with Crippen molar-refractivity contribution < 1.29 is 0 Å². The lowest BCUT2D eigenvalue weighted by Crippen LogP contribution is -1.89. The summed E-state index contributed by atoms with van der Waals surface area (Å²) in [5.41, 5.74) is 2.58. The topological polar surface area (TPSA) is 28.7 Å². The minimum Gasteiger partial charge on any atom is -0.282 e. The summed E-state index contributed by atoms with van der Waals surface area (Å²) in [6.07, 6.45) is 9.15. The number of hydrogen-bond donors (Lipinski definition) is 1. The zero-order valence-electron chi connectivity index (χ0n) is 7.47. The molecule has 2 heteroatoms. The fraction of sp³-hybridized carbons (Fsp3) is 0.700. The van der Waals surface area contributed by atoms with Crippen molar-refractivity contribution in [2.45, 2.75) is 44.9 Å². The summed E-state index contributed by atoms with van der Waals surface area (Å²) in [6.45, 7) is 0. The monoisotopic (exact) mass is 164 g/mol. The van der Waals surface area contributed by atoms with Crippen molar-refractivity contribution in [1.29, 1.82) is 0 Å². The van der Waals surface area contributed by atoms with Gasteiger partial charge in [-0.15, -0.1) is 0 Å². The van der Waals surface area contributed by atoms with Gasteiger partial charge in [-0.1, -0.05) is 19.3 Å². The van der Waals surface area contributed by atoms with E-state index in [1.54, 1.807) is 0 Å². The lowest BCUT2D eigenvalue weighted by molar-refractivity contribution is 0.608. The molecule has 0 radical (unpaired) electrons. The van der Waals surface area contributed by atoms with Gasteiger partial charge in [-0.3, -0.25) is 5.10 Å². The molecule has 2 rings (SSSR count). The van der Waals surface area contributed by atoms with Gasteiger partial charge in [0.25, 0.3) is 0 Å². The number of aryl methyl sites for hydroxylation is 2. The van der Waals surface area contributed by atoms with E-state index in [2.05, 4.69) is 16.3 Å². The molecule has 66 valence electrons. The quantitative estimate of drug-likeness (QED) is 0.627. The molecule has 0 atom stereocenters. The molecule has 2 nitrogen and oxygen atoms in total. The molecule has 0 unspecified atom stereocenters. The second-order valence-electron chi connectivity index (χ2n) is 3.65. The molecule has 2 bridgehead atoms. The SMILES string of the molecule is c1c2n[nH]c1CCCCCCC2. The van der Waals surface area contributed by atoms with Crippen LogP contribution in [0.4, 0.5) is 0 Å². The molecule has 0 aliphatic heterocycles. The Balaban J connectivity index is 2.06. The fourth-order valence-corrected chi connectivity index (χ4v) is 1.82. The molecule has 1 heterocycles. The van der Waals surface area contributed by atoms with Crippen LogP contribution in [-0.2, 0) is 12.8 Å². The van der Waals surface area contributed by atoms with Gasteiger partial charge < -0.3 is 0 Å². The average Bonchev–Trinajstić information content (AvgIpc) is 2.51. The van der Waals surface area contributed by atoms with Crippen LogP contribution in [0.2, 0.25) is 0 Å². The van der Waals surface area contributed by atoms with E-state index in [0.717, 1.165) is 6.42 Å². The van der Waals surface area contributed by atoms with Crippen molar-refractivity contribution >= 4 is 0 Å². The second-order valence-corrected chi connectivity index (χ2v) is 3.65. The highest BCUT2D eigenvalue weighted by Gasteiger charge is 2.03. The van der Waals surface area contributed by atoms with Crippen molar-refractivity contribution in [1.82, 2.24) is 10.2 Å². The summed E-state index contributed by atoms with van der Waals surface area (Å²) in [4.78, 5) is 0. The normalized spacial score (nSPS) is 19.0. The summed E-state index contributed by atoms with van der Waals surface area (Å²) < 4.78 is 0. The number of aromatic nitrogens is 2. The van der Waals surface area contributed by atoms with Gasteiger partial charge in [0, 0.05) is 5.69 Å². The van der Waals surface area contributed by atoms with Crippen LogP contribution >= 0.6 is 0 Å². The zero-order chi connectivity index (χ0) is 8.23.